The van der Waals surface area contributed by atoms with Crippen LogP contribution < -0.4 is 4.90 Å². The molecule has 0 bridgehead atoms. The Morgan fingerprint density at radius 2 is 2.11 bits per heavy atom. The molecule has 1 unspecified atom stereocenters. The molecule has 1 atom stereocenters. The van der Waals surface area contributed by atoms with Crippen LogP contribution in [0.25, 0.3) is 0 Å². The molecule has 1 aliphatic rings. The van der Waals surface area contributed by atoms with Crippen molar-refractivity contribution in [2.75, 3.05) is 31.6 Å². The van der Waals surface area contributed by atoms with Gasteiger partial charge in [-0.15, -0.1) is 0 Å². The molecule has 0 saturated carbocycles. The summed E-state index contributed by atoms with van der Waals surface area (Å²) in [7, 11) is 1.75. The van der Waals surface area contributed by atoms with Crippen LogP contribution in [-0.2, 0) is 4.79 Å². The first-order valence-corrected chi connectivity index (χ1v) is 6.52. The summed E-state index contributed by atoms with van der Waals surface area (Å²) in [6.07, 6.45) is 1.11. The van der Waals surface area contributed by atoms with Crippen molar-refractivity contribution in [2.24, 2.45) is 0 Å². The monoisotopic (exact) mass is 266 g/mol. The normalized spacial score (nSPS) is 20.6. The molecule has 1 N–H and O–H groups in total. The lowest BCUT2D eigenvalue weighted by Crippen LogP contribution is -2.45. The smallest absolute Gasteiger partial charge is 0.245 e. The van der Waals surface area contributed by atoms with E-state index >= 15 is 0 Å². The Morgan fingerprint density at radius 1 is 1.37 bits per heavy atom. The molecule has 0 spiro atoms. The lowest BCUT2D eigenvalue weighted by molar-refractivity contribution is -0.131. The Balaban J connectivity index is 2.35. The molecule has 0 aromatic heterocycles. The van der Waals surface area contributed by atoms with Gasteiger partial charge in [-0.25, -0.2) is 4.39 Å². The fourth-order valence-electron chi connectivity index (χ4n) is 2.51. The van der Waals surface area contributed by atoms with Gasteiger partial charge in [0.2, 0.25) is 5.91 Å². The summed E-state index contributed by atoms with van der Waals surface area (Å²) in [6, 6.07) is 5.97. The van der Waals surface area contributed by atoms with Crippen molar-refractivity contribution in [3.8, 4) is 0 Å². The van der Waals surface area contributed by atoms with Gasteiger partial charge in [0.15, 0.2) is 0 Å². The first kappa shape index (κ1) is 13.8. The number of benzene rings is 1. The Labute approximate surface area is 112 Å². The first-order chi connectivity index (χ1) is 9.15. The van der Waals surface area contributed by atoms with Gasteiger partial charge >= 0.3 is 0 Å². The number of hydrogen-bond acceptors (Lipinski definition) is 3. The predicted octanol–water partition coefficient (Wildman–Crippen LogP) is 1.25. The Hall–Kier alpha value is -1.62. The third-order valence-corrected chi connectivity index (χ3v) is 3.49. The van der Waals surface area contributed by atoms with Gasteiger partial charge < -0.3 is 14.9 Å². The molecule has 1 fully saturated rings. The summed E-state index contributed by atoms with van der Waals surface area (Å²) in [6.45, 7) is 1.18. The van der Waals surface area contributed by atoms with Crippen molar-refractivity contribution < 1.29 is 14.3 Å². The van der Waals surface area contributed by atoms with Crippen LogP contribution in [0.2, 0.25) is 0 Å². The highest BCUT2D eigenvalue weighted by Gasteiger charge is 2.31. The molecule has 0 aliphatic carbocycles. The standard InChI is InChI=1S/C14H19FN2O2/c1-16-8-4-9-17(13(7-10-18)14(16)19)12-6-3-2-5-11(12)15/h2-3,5-6,13,18H,4,7-10H2,1H3. The van der Waals surface area contributed by atoms with Crippen LogP contribution in [0.5, 0.6) is 0 Å². The van der Waals surface area contributed by atoms with Crippen LogP contribution in [0.1, 0.15) is 12.8 Å². The van der Waals surface area contributed by atoms with E-state index in [4.69, 9.17) is 5.11 Å². The minimum atomic E-state index is -0.491. The first-order valence-electron chi connectivity index (χ1n) is 6.52. The molecule has 4 nitrogen and oxygen atoms in total. The van der Waals surface area contributed by atoms with Crippen molar-refractivity contribution in [3.63, 3.8) is 0 Å². The number of likely N-dealkylation sites (N-methyl/N-ethyl adjacent to an activating group) is 1. The van der Waals surface area contributed by atoms with Crippen LogP contribution in [0.4, 0.5) is 10.1 Å². The number of amides is 1. The number of carbonyl (C=O) groups is 1. The van der Waals surface area contributed by atoms with E-state index in [-0.39, 0.29) is 18.3 Å². The highest BCUT2D eigenvalue weighted by atomic mass is 19.1. The van der Waals surface area contributed by atoms with Gasteiger partial charge in [-0.2, -0.15) is 0 Å². The van der Waals surface area contributed by atoms with Crippen LogP contribution in [0, 0.1) is 5.82 Å². The molecule has 19 heavy (non-hydrogen) atoms. The van der Waals surface area contributed by atoms with Gasteiger partial charge in [0.05, 0.1) is 5.69 Å². The van der Waals surface area contributed by atoms with Crippen molar-refractivity contribution in [2.45, 2.75) is 18.9 Å². The van der Waals surface area contributed by atoms with Crippen LogP contribution >= 0.6 is 0 Å². The van der Waals surface area contributed by atoms with E-state index in [1.807, 2.05) is 0 Å². The zero-order chi connectivity index (χ0) is 13.8. The van der Waals surface area contributed by atoms with E-state index in [1.165, 1.54) is 6.07 Å². The van der Waals surface area contributed by atoms with Crippen LogP contribution in [-0.4, -0.2) is 48.7 Å². The number of hydrogen-bond donors (Lipinski definition) is 1. The number of nitrogens with zero attached hydrogens (tertiary/aromatic N) is 2. The number of carbonyl (C=O) groups excluding carboxylic acids is 1. The maximum atomic E-state index is 13.9. The van der Waals surface area contributed by atoms with E-state index in [0.29, 0.717) is 25.2 Å². The van der Waals surface area contributed by atoms with Crippen molar-refractivity contribution in [1.29, 1.82) is 0 Å². The quantitative estimate of drug-likeness (QED) is 0.895. The Morgan fingerprint density at radius 3 is 2.79 bits per heavy atom. The Bertz CT molecular complexity index is 453. The summed E-state index contributed by atoms with van der Waals surface area (Å²) in [5.74, 6) is -0.391. The third kappa shape index (κ3) is 2.87. The molecule has 0 radical (unpaired) electrons. The number of para-hydroxylation sites is 1. The van der Waals surface area contributed by atoms with Gasteiger partial charge in [-0.1, -0.05) is 12.1 Å². The summed E-state index contributed by atoms with van der Waals surface area (Å²) in [5.41, 5.74) is 0.435. The summed E-state index contributed by atoms with van der Waals surface area (Å²) in [4.78, 5) is 15.7. The van der Waals surface area contributed by atoms with Crippen molar-refractivity contribution in [1.82, 2.24) is 4.90 Å². The second-order valence-corrected chi connectivity index (χ2v) is 4.79. The zero-order valence-electron chi connectivity index (χ0n) is 11.1. The molecule has 1 aromatic carbocycles. The molecule has 5 heteroatoms. The van der Waals surface area contributed by atoms with Gasteiger partial charge in [0.1, 0.15) is 11.9 Å². The van der Waals surface area contributed by atoms with E-state index in [1.54, 1.807) is 35.0 Å². The van der Waals surface area contributed by atoms with Crippen LogP contribution in [0.15, 0.2) is 24.3 Å². The molecular weight excluding hydrogens is 247 g/mol. The number of anilines is 1. The van der Waals surface area contributed by atoms with E-state index in [0.717, 1.165) is 6.42 Å². The largest absolute Gasteiger partial charge is 0.396 e. The minimum absolute atomic E-state index is 0.0604. The molecule has 2 rings (SSSR count). The lowest BCUT2D eigenvalue weighted by atomic mass is 10.1. The fourth-order valence-corrected chi connectivity index (χ4v) is 2.51. The highest BCUT2D eigenvalue weighted by molar-refractivity contribution is 5.85. The molecule has 1 aromatic rings. The van der Waals surface area contributed by atoms with E-state index < -0.39 is 6.04 Å². The molecule has 1 aliphatic heterocycles. The zero-order valence-corrected chi connectivity index (χ0v) is 11.1. The number of rotatable bonds is 3. The predicted molar refractivity (Wildman–Crippen MR) is 71.5 cm³/mol. The summed E-state index contributed by atoms with van der Waals surface area (Å²) >= 11 is 0. The van der Waals surface area contributed by atoms with Crippen molar-refractivity contribution >= 4 is 11.6 Å². The topological polar surface area (TPSA) is 43.8 Å². The second kappa shape index (κ2) is 6.02. The average Bonchev–Trinajstić information content (AvgIpc) is 2.53. The van der Waals surface area contributed by atoms with Gasteiger partial charge in [0, 0.05) is 26.7 Å². The SMILES string of the molecule is CN1CCCN(c2ccccc2F)C(CCO)C1=O. The molecule has 1 heterocycles. The summed E-state index contributed by atoms with van der Waals surface area (Å²) in [5, 5.41) is 9.16. The summed E-state index contributed by atoms with van der Waals surface area (Å²) < 4.78 is 13.9. The Kier molecular flexibility index (Phi) is 4.37. The third-order valence-electron chi connectivity index (χ3n) is 3.49. The highest BCUT2D eigenvalue weighted by Crippen LogP contribution is 2.25. The maximum Gasteiger partial charge on any atom is 0.245 e. The molecule has 1 amide bonds. The van der Waals surface area contributed by atoms with Gasteiger partial charge in [0.25, 0.3) is 0 Å². The van der Waals surface area contributed by atoms with E-state index in [2.05, 4.69) is 0 Å². The van der Waals surface area contributed by atoms with Crippen molar-refractivity contribution in [3.05, 3.63) is 30.1 Å². The van der Waals surface area contributed by atoms with Gasteiger partial charge in [-0.3, -0.25) is 4.79 Å². The van der Waals surface area contributed by atoms with Gasteiger partial charge in [-0.05, 0) is 25.0 Å². The maximum absolute atomic E-state index is 13.9. The number of aliphatic hydroxyl groups is 1. The van der Waals surface area contributed by atoms with E-state index in [9.17, 15) is 9.18 Å². The fraction of sp³-hybridized carbons (Fsp3) is 0.500. The lowest BCUT2D eigenvalue weighted by Gasteiger charge is -2.31. The molecule has 1 saturated heterocycles. The minimum Gasteiger partial charge on any atom is -0.396 e. The molecule has 104 valence electrons. The number of halogens is 1. The average molecular weight is 266 g/mol. The second-order valence-electron chi connectivity index (χ2n) is 4.79. The number of aliphatic hydroxyl groups excluding tert-OH is 1. The van der Waals surface area contributed by atoms with Crippen LogP contribution in [0.3, 0.4) is 0 Å². The molecular formula is C14H19FN2O2.